The molecule has 0 aromatic heterocycles. The summed E-state index contributed by atoms with van der Waals surface area (Å²) >= 11 is 0. The maximum atomic E-state index is 13.2. The first-order chi connectivity index (χ1) is 25.4. The summed E-state index contributed by atoms with van der Waals surface area (Å²) in [6.45, 7) is 28.0. The molecule has 0 N–H and O–H groups in total. The average molecular weight is 899 g/mol. The second-order valence-corrected chi connectivity index (χ2v) is 19.2. The summed E-state index contributed by atoms with van der Waals surface area (Å²) in [5.41, 5.74) is 8.70. The van der Waals surface area contributed by atoms with Gasteiger partial charge < -0.3 is 24.8 Å². The molecule has 7 rings (SSSR count). The van der Waals surface area contributed by atoms with E-state index >= 15 is 0 Å². The van der Waals surface area contributed by atoms with Crippen LogP contribution < -0.4 is 24.8 Å². The van der Waals surface area contributed by atoms with E-state index in [9.17, 15) is 13.2 Å². The molecule has 302 valence electrons. The Bertz CT molecular complexity index is 2390. The third kappa shape index (κ3) is 10.3. The smallest absolute Gasteiger partial charge is 1.00 e. The molecule has 0 aliphatic heterocycles. The van der Waals surface area contributed by atoms with Gasteiger partial charge in [0, 0.05) is 0 Å². The Hall–Kier alpha value is -3.30. The number of hydrogen-bond donors (Lipinski definition) is 0. The number of halogens is 5. The number of benzene rings is 5. The maximum Gasteiger partial charge on any atom is 4.00 e. The Morgan fingerprint density at radius 3 is 1.47 bits per heavy atom. The molecule has 1 aliphatic rings. The van der Waals surface area contributed by atoms with Gasteiger partial charge in [0.25, 0.3) is 0 Å². The van der Waals surface area contributed by atoms with E-state index in [0.29, 0.717) is 5.56 Å². The summed E-state index contributed by atoms with van der Waals surface area (Å²) in [7, 11) is 0. The van der Waals surface area contributed by atoms with Gasteiger partial charge in [-0.05, 0) is 32.4 Å². The normalized spacial score (nSPS) is 14.1. The third-order valence-corrected chi connectivity index (χ3v) is 10.6. The molecule has 58 heavy (non-hydrogen) atoms. The molecule has 0 radical (unpaired) electrons. The Morgan fingerprint density at radius 1 is 0.534 bits per heavy atom. The number of fused-ring (bicyclic) bond motifs is 4. The molecule has 6 aromatic carbocycles. The van der Waals surface area contributed by atoms with Gasteiger partial charge in [0.05, 0.1) is 5.56 Å². The maximum absolute atomic E-state index is 13.2. The first-order valence-corrected chi connectivity index (χ1v) is 19.3. The number of alkyl halides is 3. The van der Waals surface area contributed by atoms with E-state index < -0.39 is 11.7 Å². The minimum Gasteiger partial charge on any atom is -1.00 e. The molecule has 0 nitrogen and oxygen atoms in total. The van der Waals surface area contributed by atoms with E-state index in [1.165, 1.54) is 55.9 Å². The van der Waals surface area contributed by atoms with Gasteiger partial charge in [-0.1, -0.05) is 201 Å². The van der Waals surface area contributed by atoms with Crippen molar-refractivity contribution < 1.29 is 64.2 Å². The van der Waals surface area contributed by atoms with Crippen molar-refractivity contribution in [3.8, 4) is 0 Å². The minimum atomic E-state index is -4.38. The van der Waals surface area contributed by atoms with Gasteiger partial charge in [-0.2, -0.15) is 37.0 Å². The Balaban J connectivity index is 0.000000296. The largest absolute Gasteiger partial charge is 4.00 e. The van der Waals surface area contributed by atoms with E-state index in [4.69, 9.17) is 0 Å². The van der Waals surface area contributed by atoms with E-state index in [2.05, 4.69) is 119 Å². The van der Waals surface area contributed by atoms with Gasteiger partial charge in [0.1, 0.15) is 0 Å². The topological polar surface area (TPSA) is 0 Å². The van der Waals surface area contributed by atoms with E-state index in [1.54, 1.807) is 12.1 Å². The zero-order chi connectivity index (χ0) is 40.3. The molecule has 0 saturated heterocycles. The number of hydrogen-bond acceptors (Lipinski definition) is 0. The molecule has 0 spiro atoms. The monoisotopic (exact) mass is 896 g/mol. The second kappa shape index (κ2) is 17.7. The molecule has 0 saturated carbocycles. The van der Waals surface area contributed by atoms with Crippen LogP contribution in [0.15, 0.2) is 121 Å². The molecule has 1 aliphatic carbocycles. The van der Waals surface area contributed by atoms with Crippen molar-refractivity contribution in [3.05, 3.63) is 166 Å². The molecular formula is C52H55Cl2F3Zr. The fourth-order valence-electron chi connectivity index (χ4n) is 7.82. The van der Waals surface area contributed by atoms with Crippen molar-refractivity contribution in [2.75, 3.05) is 0 Å². The Labute approximate surface area is 376 Å². The molecule has 6 aromatic rings. The molecular weight excluding hydrogens is 844 g/mol. The first kappa shape index (κ1) is 49.1. The second-order valence-electron chi connectivity index (χ2n) is 19.2. The van der Waals surface area contributed by atoms with E-state index in [-0.39, 0.29) is 72.7 Å². The van der Waals surface area contributed by atoms with Crippen LogP contribution in [0.2, 0.25) is 0 Å². The third-order valence-electron chi connectivity index (χ3n) is 10.6. The first-order valence-electron chi connectivity index (χ1n) is 19.3. The van der Waals surface area contributed by atoms with Gasteiger partial charge in [0.15, 0.2) is 0 Å². The molecule has 0 bridgehead atoms. The SMILES string of the molecule is CC(C)(C)c1cc2[cH-]c3cc(C(C)(C)C)c(C(C)(C)C)cc3c2cc1C(C)(C)C.FC(F)(F)c1cccc(C(=C2[C-]=CC=C2)c2cccc3ccccc23)c1.[Cl-].[Cl-].[Zr+4]. The summed E-state index contributed by atoms with van der Waals surface area (Å²) in [4.78, 5) is 0. The predicted octanol–water partition coefficient (Wildman–Crippen LogP) is 9.50. The van der Waals surface area contributed by atoms with Crippen molar-refractivity contribution >= 4 is 37.9 Å². The van der Waals surface area contributed by atoms with Gasteiger partial charge in [0.2, 0.25) is 0 Å². The summed E-state index contributed by atoms with van der Waals surface area (Å²) in [5.74, 6) is 0. The van der Waals surface area contributed by atoms with Crippen LogP contribution in [0.5, 0.6) is 0 Å². The van der Waals surface area contributed by atoms with Gasteiger partial charge in [-0.3, -0.25) is 0 Å². The van der Waals surface area contributed by atoms with Crippen LogP contribution in [-0.4, -0.2) is 0 Å². The van der Waals surface area contributed by atoms with Crippen LogP contribution in [0.3, 0.4) is 0 Å². The zero-order valence-electron chi connectivity index (χ0n) is 35.9. The Morgan fingerprint density at radius 2 is 1.00 bits per heavy atom. The van der Waals surface area contributed by atoms with Crippen LogP contribution in [-0.2, 0) is 54.0 Å². The molecule has 0 heterocycles. The number of rotatable bonds is 2. The van der Waals surface area contributed by atoms with Crippen molar-refractivity contribution in [2.24, 2.45) is 0 Å². The van der Waals surface area contributed by atoms with Crippen molar-refractivity contribution in [3.63, 3.8) is 0 Å². The zero-order valence-corrected chi connectivity index (χ0v) is 39.8. The van der Waals surface area contributed by atoms with Gasteiger partial charge in [-0.25, -0.2) is 0 Å². The van der Waals surface area contributed by atoms with E-state index in [1.807, 2.05) is 54.6 Å². The van der Waals surface area contributed by atoms with Crippen LogP contribution in [0.25, 0.3) is 37.9 Å². The summed E-state index contributed by atoms with van der Waals surface area (Å²) in [6, 6.07) is 31.5. The summed E-state index contributed by atoms with van der Waals surface area (Å²) < 4.78 is 39.6. The van der Waals surface area contributed by atoms with Crippen molar-refractivity contribution in [1.82, 2.24) is 0 Å². The molecule has 6 heteroatoms. The molecule has 0 atom stereocenters. The van der Waals surface area contributed by atoms with Crippen LogP contribution in [0.1, 0.15) is 122 Å². The van der Waals surface area contributed by atoms with Gasteiger partial charge >= 0.3 is 32.4 Å². The number of allylic oxidation sites excluding steroid dienone is 5. The van der Waals surface area contributed by atoms with Crippen LogP contribution >= 0.6 is 0 Å². The molecule has 0 amide bonds. The minimum absolute atomic E-state index is 0. The standard InChI is InChI=1S/C29H41.C23H14F3.2ClH.Zr/c1-26(2,3)22-14-18-13-19-15-23(27(4,5)6)25(29(10,11)12)17-21(19)20(18)16-24(22)28(7,8)9;24-23(25,26)19-12-5-11-18(15-19)22(17-8-1-2-9-17)21-14-6-10-16-7-3-4-13-20(16)21;;;/h13-17H,1-12H3;1-8,10-15H;2*1H;/q2*-1;;;+4/p-2. The average Bonchev–Trinajstić information content (AvgIpc) is 3.74. The van der Waals surface area contributed by atoms with E-state index in [0.717, 1.165) is 33.5 Å². The summed E-state index contributed by atoms with van der Waals surface area (Å²) in [6.07, 6.45) is 4.25. The predicted molar refractivity (Wildman–Crippen MR) is 230 cm³/mol. The van der Waals surface area contributed by atoms with Gasteiger partial charge in [-0.15, -0.1) is 45.8 Å². The van der Waals surface area contributed by atoms with Crippen molar-refractivity contribution in [2.45, 2.75) is 111 Å². The van der Waals surface area contributed by atoms with Crippen LogP contribution in [0, 0.1) is 6.08 Å². The fraction of sp³-hybridized carbons (Fsp3) is 0.327. The van der Waals surface area contributed by atoms with Crippen LogP contribution in [0.4, 0.5) is 13.2 Å². The van der Waals surface area contributed by atoms with Crippen molar-refractivity contribution in [1.29, 1.82) is 0 Å². The fourth-order valence-corrected chi connectivity index (χ4v) is 7.82. The Kier molecular flexibility index (Phi) is 15.0. The molecule has 0 fully saturated rings. The summed E-state index contributed by atoms with van der Waals surface area (Å²) in [5, 5.41) is 7.61. The quantitative estimate of drug-likeness (QED) is 0.152. The molecule has 0 unspecified atom stereocenters.